The van der Waals surface area contributed by atoms with Gasteiger partial charge in [-0.1, -0.05) is 65.8 Å². The molecule has 0 unspecified atom stereocenters. The molecule has 0 saturated heterocycles. The van der Waals surface area contributed by atoms with E-state index >= 15 is 0 Å². The minimum absolute atomic E-state index is 0.0107. The SMILES string of the molecule is C[C@@H](C/C=C/C(C)(C)OO)[C@@H]1CC[C@]2(C)[C@H]3[C@H](O)C[C@@H]4[C@@](C)(OC=O)[C@H](O)CC[C@]45C[C@]35CC[C@@]12C.C[C@H](C/C=C/C(C)(C)OO)[C@H]1CC[C@@]2(C)[C@@H]3CC[C@H]4[C@](C)(C(=O)O)[C@@H](O)C[C@H](O)[C@@]45C[C@@]35CC[C@]12C. The van der Waals surface area contributed by atoms with Crippen LogP contribution in [0.25, 0.3) is 0 Å². The molecule has 0 aromatic carbocycles. The van der Waals surface area contributed by atoms with Crippen LogP contribution in [0.5, 0.6) is 0 Å². The normalized spacial score (nSPS) is 52.7. The molecule has 0 radical (unpaired) electrons. The molecule has 10 aliphatic rings. The zero-order chi connectivity index (χ0) is 52.9. The molecule has 0 aliphatic heterocycles. The Hall–Kier alpha value is -1.90. The van der Waals surface area contributed by atoms with Crippen molar-refractivity contribution in [2.24, 2.45) is 96.1 Å². The van der Waals surface area contributed by atoms with Crippen LogP contribution in [-0.2, 0) is 24.1 Å². The van der Waals surface area contributed by atoms with Crippen LogP contribution in [0.3, 0.4) is 0 Å². The molecule has 408 valence electrons. The number of carboxylic acid groups (broad SMARTS) is 1. The van der Waals surface area contributed by atoms with Gasteiger partial charge in [0.15, 0.2) is 0 Å². The summed E-state index contributed by atoms with van der Waals surface area (Å²) >= 11 is 0. The summed E-state index contributed by atoms with van der Waals surface area (Å²) in [4.78, 5) is 33.1. The standard InChI is InChI=1S/2C30H48O6/c1-19(8-7-11-25(2,3)36-34)20-9-12-27(5)24-21(32)16-22-28(6,35-18-31)23(33)10-13-29(22)17-30(24,29)15-14-26(20,27)4;1-18(8-7-12-25(2,3)36-35)19-11-13-27(5)20-9-10-21-28(6,24(33)34)22(31)16-23(32)30(21)17-29(20,30)15-14-26(19,27)4/h7,11,18-24,32-34H,8-10,12-17H2,1-6H3;7,12,18-23,31-32,35H,8-11,13-17H2,1-6H3,(H,33,34)/b11-7+;12-7+/t19-,20-,21+,22+,23+,24+,26-,27+,28+,29-,30+;18-,19-,20+,21+,22+,23+,26-,27+,28+,29+,30-/m01/s1. The van der Waals surface area contributed by atoms with Crippen molar-refractivity contribution in [1.82, 2.24) is 0 Å². The van der Waals surface area contributed by atoms with Crippen molar-refractivity contribution in [2.75, 3.05) is 0 Å². The highest BCUT2D eigenvalue weighted by atomic mass is 17.1. The van der Waals surface area contributed by atoms with Gasteiger partial charge in [-0.15, -0.1) is 0 Å². The maximum Gasteiger partial charge on any atom is 0.312 e. The topological polar surface area (TPSA) is 203 Å². The summed E-state index contributed by atoms with van der Waals surface area (Å²) in [7, 11) is 0. The predicted molar refractivity (Wildman–Crippen MR) is 274 cm³/mol. The molecule has 0 heterocycles. The van der Waals surface area contributed by atoms with E-state index in [2.05, 4.69) is 63.5 Å². The number of aliphatic hydroxyl groups is 4. The third-order valence-corrected chi connectivity index (χ3v) is 26.2. The fraction of sp³-hybridized carbons (Fsp3) is 0.900. The van der Waals surface area contributed by atoms with Gasteiger partial charge in [0, 0.05) is 17.8 Å². The molecule has 10 saturated carbocycles. The molecular weight excluding hydrogens is 913 g/mol. The lowest BCUT2D eigenvalue weighted by molar-refractivity contribution is -0.297. The molecule has 7 N–H and O–H groups in total. The largest absolute Gasteiger partial charge is 0.481 e. The average molecular weight is 1010 g/mol. The number of rotatable bonds is 13. The third-order valence-electron chi connectivity index (χ3n) is 26.2. The second kappa shape index (κ2) is 17.6. The van der Waals surface area contributed by atoms with Gasteiger partial charge in [-0.2, -0.15) is 0 Å². The zero-order valence-corrected chi connectivity index (χ0v) is 46.2. The fourth-order valence-electron chi connectivity index (χ4n) is 22.1. The van der Waals surface area contributed by atoms with E-state index < -0.39 is 52.6 Å². The van der Waals surface area contributed by atoms with E-state index in [1.807, 2.05) is 46.8 Å². The molecule has 0 aromatic rings. The van der Waals surface area contributed by atoms with Crippen LogP contribution in [0.4, 0.5) is 0 Å². The van der Waals surface area contributed by atoms with Gasteiger partial charge in [0.05, 0.1) is 29.8 Å². The maximum atomic E-state index is 12.5. The van der Waals surface area contributed by atoms with Gasteiger partial charge in [0.25, 0.3) is 6.47 Å². The lowest BCUT2D eigenvalue weighted by Crippen LogP contribution is -2.64. The molecule has 0 amide bonds. The Morgan fingerprint density at radius 1 is 0.597 bits per heavy atom. The van der Waals surface area contributed by atoms with Gasteiger partial charge < -0.3 is 30.3 Å². The van der Waals surface area contributed by atoms with Gasteiger partial charge in [0.2, 0.25) is 0 Å². The van der Waals surface area contributed by atoms with Gasteiger partial charge in [-0.05, 0) is 230 Å². The van der Waals surface area contributed by atoms with Crippen LogP contribution < -0.4 is 0 Å². The van der Waals surface area contributed by atoms with Crippen molar-refractivity contribution in [3.05, 3.63) is 24.3 Å². The van der Waals surface area contributed by atoms with Crippen LogP contribution in [0.1, 0.15) is 199 Å². The summed E-state index contributed by atoms with van der Waals surface area (Å²) in [6.07, 6.45) is 22.8. The Labute approximate surface area is 431 Å². The molecule has 22 atom stereocenters. The third kappa shape index (κ3) is 7.15. The van der Waals surface area contributed by atoms with Crippen LogP contribution in [0.15, 0.2) is 24.3 Å². The Kier molecular flexibility index (Phi) is 13.4. The number of ether oxygens (including phenoxy) is 1. The van der Waals surface area contributed by atoms with Crippen LogP contribution >= 0.6 is 0 Å². The number of aliphatic carboxylic acids is 1. The highest BCUT2D eigenvalue weighted by Crippen LogP contribution is 2.90. The fourth-order valence-corrected chi connectivity index (χ4v) is 22.1. The minimum atomic E-state index is -1.18. The van der Waals surface area contributed by atoms with Crippen molar-refractivity contribution >= 4 is 12.4 Å². The van der Waals surface area contributed by atoms with Crippen LogP contribution in [-0.4, -0.2) is 89.7 Å². The molecule has 72 heavy (non-hydrogen) atoms. The molecule has 10 fully saturated rings. The number of carbonyl (C=O) groups excluding carboxylic acids is 1. The molecule has 0 bridgehead atoms. The summed E-state index contributed by atoms with van der Waals surface area (Å²) in [6.45, 7) is 26.2. The lowest BCUT2D eigenvalue weighted by Gasteiger charge is -2.64. The summed E-state index contributed by atoms with van der Waals surface area (Å²) in [5.41, 5.74) is -3.01. The predicted octanol–water partition coefficient (Wildman–Crippen LogP) is 11.2. The van der Waals surface area contributed by atoms with E-state index in [9.17, 15) is 35.1 Å². The molecule has 12 nitrogen and oxygen atoms in total. The lowest BCUT2D eigenvalue weighted by atomic mass is 9.41. The highest BCUT2D eigenvalue weighted by molar-refractivity contribution is 5.76. The number of hydrogen-bond acceptors (Lipinski definition) is 11. The Morgan fingerprint density at radius 2 is 1.12 bits per heavy atom. The summed E-state index contributed by atoms with van der Waals surface area (Å²) in [6, 6.07) is 0. The number of carbonyl (C=O) groups is 2. The molecule has 0 aromatic heterocycles. The molecule has 10 rings (SSSR count). The van der Waals surface area contributed by atoms with Crippen molar-refractivity contribution in [3.8, 4) is 0 Å². The molecular formula is C60H96O12. The van der Waals surface area contributed by atoms with E-state index in [1.165, 1.54) is 25.7 Å². The molecule has 10 aliphatic carbocycles. The second-order valence-electron chi connectivity index (χ2n) is 29.3. The van der Waals surface area contributed by atoms with Gasteiger partial charge in [0.1, 0.15) is 16.8 Å². The maximum absolute atomic E-state index is 12.5. The van der Waals surface area contributed by atoms with Gasteiger partial charge in [-0.3, -0.25) is 20.1 Å². The van der Waals surface area contributed by atoms with E-state index in [-0.39, 0.29) is 67.5 Å². The second-order valence-corrected chi connectivity index (χ2v) is 29.3. The Balaban J connectivity index is 0.000000178. The van der Waals surface area contributed by atoms with E-state index in [4.69, 9.17) is 15.3 Å². The Bertz CT molecular complexity index is 2160. The first-order valence-electron chi connectivity index (χ1n) is 28.5. The summed E-state index contributed by atoms with van der Waals surface area (Å²) < 4.78 is 5.65. The van der Waals surface area contributed by atoms with Crippen molar-refractivity contribution in [2.45, 2.75) is 240 Å². The number of aliphatic hydroxyl groups excluding tert-OH is 4. The smallest absolute Gasteiger partial charge is 0.312 e. The van der Waals surface area contributed by atoms with E-state index in [0.717, 1.165) is 70.6 Å². The Morgan fingerprint density at radius 3 is 1.67 bits per heavy atom. The van der Waals surface area contributed by atoms with Crippen LogP contribution in [0.2, 0.25) is 0 Å². The first kappa shape index (κ1) is 54.9. The van der Waals surface area contributed by atoms with E-state index in [0.29, 0.717) is 48.9 Å². The highest BCUT2D eigenvalue weighted by Gasteiger charge is 2.87. The first-order chi connectivity index (χ1) is 33.4. The summed E-state index contributed by atoms with van der Waals surface area (Å²) in [5.74, 6) is 1.91. The van der Waals surface area contributed by atoms with Crippen molar-refractivity contribution < 1.29 is 60.1 Å². The zero-order valence-electron chi connectivity index (χ0n) is 46.2. The van der Waals surface area contributed by atoms with Gasteiger partial charge in [-0.25, -0.2) is 9.78 Å². The van der Waals surface area contributed by atoms with Crippen LogP contribution in [0, 0.1) is 96.1 Å². The van der Waals surface area contributed by atoms with E-state index in [1.54, 1.807) is 6.92 Å². The number of fused-ring (bicyclic) bond motifs is 4. The van der Waals surface area contributed by atoms with Crippen molar-refractivity contribution in [1.29, 1.82) is 0 Å². The number of hydrogen-bond donors (Lipinski definition) is 7. The quantitative estimate of drug-likeness (QED) is 0.0399. The monoisotopic (exact) mass is 1010 g/mol. The molecule has 4 spiro atoms. The van der Waals surface area contributed by atoms with Crippen molar-refractivity contribution in [3.63, 3.8) is 0 Å². The number of carboxylic acids is 1. The average Bonchev–Trinajstić information content (AvgIpc) is 4.13. The first-order valence-corrected chi connectivity index (χ1v) is 28.5. The summed E-state index contributed by atoms with van der Waals surface area (Å²) in [5, 5.41) is 73.5. The minimum Gasteiger partial charge on any atom is -0.481 e. The van der Waals surface area contributed by atoms with Gasteiger partial charge >= 0.3 is 5.97 Å². The number of allylic oxidation sites excluding steroid dienone is 2. The molecule has 12 heteroatoms.